The molecule has 0 aromatic heterocycles. The normalized spacial score (nSPS) is 22.7. The van der Waals surface area contributed by atoms with Crippen LogP contribution in [0.25, 0.3) is 0 Å². The van der Waals surface area contributed by atoms with E-state index in [2.05, 4.69) is 5.32 Å². The molecule has 1 aliphatic rings. The van der Waals surface area contributed by atoms with Gasteiger partial charge in [0.2, 0.25) is 0 Å². The van der Waals surface area contributed by atoms with Gasteiger partial charge in [-0.3, -0.25) is 14.5 Å². The van der Waals surface area contributed by atoms with Crippen LogP contribution in [0.2, 0.25) is 0 Å². The van der Waals surface area contributed by atoms with Crippen LogP contribution in [-0.2, 0) is 4.79 Å². The maximum absolute atomic E-state index is 12.1. The molecule has 0 unspecified atom stereocenters. The van der Waals surface area contributed by atoms with E-state index in [-0.39, 0.29) is 11.9 Å². The van der Waals surface area contributed by atoms with Crippen LogP contribution in [0.15, 0.2) is 29.2 Å². The Labute approximate surface area is 122 Å². The molecule has 5 nitrogen and oxygen atoms in total. The molecule has 108 valence electrons. The van der Waals surface area contributed by atoms with E-state index in [0.29, 0.717) is 18.5 Å². The molecule has 1 aromatic carbocycles. The highest BCUT2D eigenvalue weighted by atomic mass is 32.2. The number of thioether (sulfide) groups is 1. The summed E-state index contributed by atoms with van der Waals surface area (Å²) in [5, 5.41) is 12.0. The Morgan fingerprint density at radius 2 is 2.00 bits per heavy atom. The average Bonchev–Trinajstić information content (AvgIpc) is 2.79. The SMILES string of the molecule is CSc1ccc(C(=O)N[C@H]2C[C@@H](C(=O)O)N(C)C2)cc1. The molecule has 20 heavy (non-hydrogen) atoms. The molecule has 6 heteroatoms. The number of hydrogen-bond donors (Lipinski definition) is 2. The molecule has 0 aliphatic carbocycles. The van der Waals surface area contributed by atoms with Crippen molar-refractivity contribution in [1.29, 1.82) is 0 Å². The number of hydrogen-bond acceptors (Lipinski definition) is 4. The third kappa shape index (κ3) is 3.32. The van der Waals surface area contributed by atoms with Crippen LogP contribution in [0.4, 0.5) is 0 Å². The number of carboxylic acid groups (broad SMARTS) is 1. The molecule has 1 heterocycles. The number of nitrogens with one attached hydrogen (secondary N) is 1. The maximum Gasteiger partial charge on any atom is 0.320 e. The van der Waals surface area contributed by atoms with E-state index in [1.165, 1.54) is 0 Å². The first-order valence-corrected chi connectivity index (χ1v) is 7.61. The third-order valence-electron chi connectivity index (χ3n) is 3.52. The zero-order valence-corrected chi connectivity index (χ0v) is 12.3. The maximum atomic E-state index is 12.1. The lowest BCUT2D eigenvalue weighted by molar-refractivity contribution is -0.141. The van der Waals surface area contributed by atoms with Crippen LogP contribution >= 0.6 is 11.8 Å². The fourth-order valence-electron chi connectivity index (χ4n) is 2.40. The zero-order chi connectivity index (χ0) is 14.7. The number of aliphatic carboxylic acids is 1. The second-order valence-corrected chi connectivity index (χ2v) is 5.81. The Balaban J connectivity index is 1.96. The lowest BCUT2D eigenvalue weighted by atomic mass is 10.1. The lowest BCUT2D eigenvalue weighted by Crippen LogP contribution is -2.36. The topological polar surface area (TPSA) is 69.6 Å². The van der Waals surface area contributed by atoms with Crippen LogP contribution in [0, 0.1) is 0 Å². The average molecular weight is 294 g/mol. The number of likely N-dealkylation sites (tertiary alicyclic amines) is 1. The Bertz CT molecular complexity index is 504. The van der Waals surface area contributed by atoms with Gasteiger partial charge in [-0.05, 0) is 44.0 Å². The van der Waals surface area contributed by atoms with Gasteiger partial charge in [-0.25, -0.2) is 0 Å². The minimum absolute atomic E-state index is 0.117. The highest BCUT2D eigenvalue weighted by Crippen LogP contribution is 2.18. The Hall–Kier alpha value is -1.53. The Morgan fingerprint density at radius 1 is 1.35 bits per heavy atom. The fourth-order valence-corrected chi connectivity index (χ4v) is 2.81. The van der Waals surface area contributed by atoms with Gasteiger partial charge in [0.05, 0.1) is 0 Å². The summed E-state index contributed by atoms with van der Waals surface area (Å²) in [7, 11) is 1.76. The molecule has 1 saturated heterocycles. The minimum atomic E-state index is -0.839. The first kappa shape index (κ1) is 14.9. The van der Waals surface area contributed by atoms with Gasteiger partial charge in [0.25, 0.3) is 5.91 Å². The molecule has 2 N–H and O–H groups in total. The second-order valence-electron chi connectivity index (χ2n) is 4.93. The molecular formula is C14H18N2O3S. The summed E-state index contributed by atoms with van der Waals surface area (Å²) in [5.41, 5.74) is 0.601. The van der Waals surface area contributed by atoms with Crippen LogP contribution in [0.5, 0.6) is 0 Å². The van der Waals surface area contributed by atoms with Crippen molar-refractivity contribution < 1.29 is 14.7 Å². The summed E-state index contributed by atoms with van der Waals surface area (Å²) in [5.74, 6) is -0.990. The highest BCUT2D eigenvalue weighted by Gasteiger charge is 2.35. The number of carboxylic acids is 1. The van der Waals surface area contributed by atoms with Crippen molar-refractivity contribution in [1.82, 2.24) is 10.2 Å². The van der Waals surface area contributed by atoms with Crippen molar-refractivity contribution in [3.05, 3.63) is 29.8 Å². The molecule has 2 rings (SSSR count). The Kier molecular flexibility index (Phi) is 4.67. The Morgan fingerprint density at radius 3 is 2.50 bits per heavy atom. The van der Waals surface area contributed by atoms with Gasteiger partial charge in [-0.1, -0.05) is 0 Å². The van der Waals surface area contributed by atoms with Crippen LogP contribution < -0.4 is 5.32 Å². The molecule has 1 aromatic rings. The van der Waals surface area contributed by atoms with Crippen molar-refractivity contribution in [2.45, 2.75) is 23.4 Å². The monoisotopic (exact) mass is 294 g/mol. The van der Waals surface area contributed by atoms with E-state index in [1.807, 2.05) is 18.4 Å². The van der Waals surface area contributed by atoms with Gasteiger partial charge in [-0.15, -0.1) is 11.8 Å². The van der Waals surface area contributed by atoms with Gasteiger partial charge in [0.15, 0.2) is 0 Å². The molecule has 2 atom stereocenters. The number of nitrogens with zero attached hydrogens (tertiary/aromatic N) is 1. The standard InChI is InChI=1S/C14H18N2O3S/c1-16-8-10(7-12(16)14(18)19)15-13(17)9-3-5-11(20-2)6-4-9/h3-6,10,12H,7-8H2,1-2H3,(H,15,17)(H,18,19)/t10-,12-/m0/s1. The van der Waals surface area contributed by atoms with Crippen molar-refractivity contribution in [3.63, 3.8) is 0 Å². The highest BCUT2D eigenvalue weighted by molar-refractivity contribution is 7.98. The van der Waals surface area contributed by atoms with E-state index in [4.69, 9.17) is 5.11 Å². The molecule has 0 spiro atoms. The fraction of sp³-hybridized carbons (Fsp3) is 0.429. The van der Waals surface area contributed by atoms with Crippen molar-refractivity contribution >= 4 is 23.6 Å². The summed E-state index contributed by atoms with van der Waals surface area (Å²) < 4.78 is 0. The minimum Gasteiger partial charge on any atom is -0.480 e. The molecule has 0 radical (unpaired) electrons. The number of benzene rings is 1. The summed E-state index contributed by atoms with van der Waals surface area (Å²) in [6.45, 7) is 0.561. The number of rotatable bonds is 4. The smallest absolute Gasteiger partial charge is 0.320 e. The van der Waals surface area contributed by atoms with E-state index < -0.39 is 12.0 Å². The number of amides is 1. The summed E-state index contributed by atoms with van der Waals surface area (Å²) in [6, 6.07) is 6.75. The van der Waals surface area contributed by atoms with Crippen molar-refractivity contribution in [3.8, 4) is 0 Å². The van der Waals surface area contributed by atoms with Gasteiger partial charge in [0.1, 0.15) is 6.04 Å². The number of carbonyl (C=O) groups is 2. The third-order valence-corrected chi connectivity index (χ3v) is 4.26. The van der Waals surface area contributed by atoms with Gasteiger partial charge < -0.3 is 10.4 Å². The first-order chi connectivity index (χ1) is 9.51. The zero-order valence-electron chi connectivity index (χ0n) is 11.5. The molecule has 1 aliphatic heterocycles. The quantitative estimate of drug-likeness (QED) is 0.819. The largest absolute Gasteiger partial charge is 0.480 e. The molecule has 1 amide bonds. The summed E-state index contributed by atoms with van der Waals surface area (Å²) in [4.78, 5) is 26.0. The van der Waals surface area contributed by atoms with E-state index >= 15 is 0 Å². The first-order valence-electron chi connectivity index (χ1n) is 6.39. The van der Waals surface area contributed by atoms with Gasteiger partial charge in [-0.2, -0.15) is 0 Å². The predicted octanol–water partition coefficient (Wildman–Crippen LogP) is 1.30. The second kappa shape index (κ2) is 6.28. The lowest BCUT2D eigenvalue weighted by Gasteiger charge is -2.13. The van der Waals surface area contributed by atoms with Crippen LogP contribution in [0.3, 0.4) is 0 Å². The van der Waals surface area contributed by atoms with Crippen LogP contribution in [0.1, 0.15) is 16.8 Å². The molecule has 1 fully saturated rings. The number of carbonyl (C=O) groups excluding carboxylic acids is 1. The van der Waals surface area contributed by atoms with Crippen molar-refractivity contribution in [2.24, 2.45) is 0 Å². The molecule has 0 saturated carbocycles. The number of likely N-dealkylation sites (N-methyl/N-ethyl adjacent to an activating group) is 1. The predicted molar refractivity (Wildman–Crippen MR) is 78.1 cm³/mol. The van der Waals surface area contributed by atoms with Crippen molar-refractivity contribution in [2.75, 3.05) is 19.8 Å². The molecule has 0 bridgehead atoms. The van der Waals surface area contributed by atoms with E-state index in [0.717, 1.165) is 4.90 Å². The van der Waals surface area contributed by atoms with Crippen LogP contribution in [-0.4, -0.2) is 53.8 Å². The van der Waals surface area contributed by atoms with E-state index in [1.54, 1.807) is 35.8 Å². The molecular weight excluding hydrogens is 276 g/mol. The van der Waals surface area contributed by atoms with Gasteiger partial charge in [0, 0.05) is 23.0 Å². The summed E-state index contributed by atoms with van der Waals surface area (Å²) in [6.07, 6.45) is 2.43. The van der Waals surface area contributed by atoms with E-state index in [9.17, 15) is 9.59 Å². The van der Waals surface area contributed by atoms with Gasteiger partial charge >= 0.3 is 5.97 Å². The summed E-state index contributed by atoms with van der Waals surface area (Å²) >= 11 is 1.62.